The van der Waals surface area contributed by atoms with E-state index < -0.39 is 0 Å². The van der Waals surface area contributed by atoms with Crippen LogP contribution in [0.15, 0.2) is 48.8 Å². The van der Waals surface area contributed by atoms with E-state index in [9.17, 15) is 0 Å². The zero-order chi connectivity index (χ0) is 10.5. The van der Waals surface area contributed by atoms with Gasteiger partial charge >= 0.3 is 0 Å². The molecule has 0 N–H and O–H groups in total. The van der Waals surface area contributed by atoms with Crippen molar-refractivity contribution in [2.45, 2.75) is 6.54 Å². The van der Waals surface area contributed by atoms with Gasteiger partial charge in [0.25, 0.3) is 0 Å². The molecule has 76 valence electrons. The van der Waals surface area contributed by atoms with Crippen molar-refractivity contribution < 1.29 is 4.57 Å². The van der Waals surface area contributed by atoms with Crippen LogP contribution >= 0.6 is 15.9 Å². The second-order valence-corrected chi connectivity index (χ2v) is 3.98. The number of hydrogen-bond donors (Lipinski definition) is 0. The quantitative estimate of drug-likeness (QED) is 0.614. The Kier molecular flexibility index (Phi) is 3.45. The molecule has 0 amide bonds. The van der Waals surface area contributed by atoms with Crippen LogP contribution in [0.25, 0.3) is 11.4 Å². The lowest BCUT2D eigenvalue weighted by molar-refractivity contribution is -0.681. The summed E-state index contributed by atoms with van der Waals surface area (Å²) in [7, 11) is 0. The van der Waals surface area contributed by atoms with Crippen molar-refractivity contribution >= 4 is 15.9 Å². The highest BCUT2D eigenvalue weighted by Gasteiger charge is 2.11. The summed E-state index contributed by atoms with van der Waals surface area (Å²) < 4.78 is 2.19. The summed E-state index contributed by atoms with van der Waals surface area (Å²) in [5.41, 5.74) is 2.16. The Hall–Kier alpha value is -1.22. The zero-order valence-electron chi connectivity index (χ0n) is 8.31. The summed E-state index contributed by atoms with van der Waals surface area (Å²) in [5, 5.41) is 0.946. The van der Waals surface area contributed by atoms with E-state index in [0.717, 1.165) is 23.3 Å². The monoisotopic (exact) mass is 263 g/mol. The molecule has 0 aromatic carbocycles. The van der Waals surface area contributed by atoms with Gasteiger partial charge in [-0.1, -0.05) is 22.0 Å². The largest absolute Gasteiger partial charge is 0.250 e. The van der Waals surface area contributed by atoms with Crippen LogP contribution in [0, 0.1) is 0 Å². The summed E-state index contributed by atoms with van der Waals surface area (Å²) in [6.07, 6.45) is 3.89. The Morgan fingerprint density at radius 1 is 1.13 bits per heavy atom. The van der Waals surface area contributed by atoms with Crippen LogP contribution in [0.1, 0.15) is 0 Å². The van der Waals surface area contributed by atoms with Crippen LogP contribution in [-0.4, -0.2) is 10.3 Å². The summed E-state index contributed by atoms with van der Waals surface area (Å²) in [6.45, 7) is 0.951. The van der Waals surface area contributed by atoms with Gasteiger partial charge in [-0.2, -0.15) is 4.57 Å². The normalized spacial score (nSPS) is 10.2. The first kappa shape index (κ1) is 10.3. The molecule has 3 heteroatoms. The van der Waals surface area contributed by atoms with E-state index in [1.54, 1.807) is 0 Å². The molecule has 15 heavy (non-hydrogen) atoms. The van der Waals surface area contributed by atoms with Crippen molar-refractivity contribution in [3.05, 3.63) is 48.8 Å². The average molecular weight is 264 g/mol. The summed E-state index contributed by atoms with van der Waals surface area (Å²) in [6, 6.07) is 12.1. The highest BCUT2D eigenvalue weighted by Crippen LogP contribution is 2.10. The Bertz CT molecular complexity index is 429. The van der Waals surface area contributed by atoms with Crippen LogP contribution in [0.3, 0.4) is 0 Å². The Labute approximate surface area is 97.7 Å². The van der Waals surface area contributed by atoms with Gasteiger partial charge in [0.2, 0.25) is 5.69 Å². The van der Waals surface area contributed by atoms with E-state index in [4.69, 9.17) is 0 Å². The molecule has 2 rings (SSSR count). The highest BCUT2D eigenvalue weighted by molar-refractivity contribution is 9.09. The standard InChI is InChI=1S/C12H12BrN2/c13-7-10-15-9-4-2-6-12(15)11-5-1-3-8-14-11/h1-6,8-9H,7,10H2/q+1. The molecule has 2 heterocycles. The van der Waals surface area contributed by atoms with Crippen molar-refractivity contribution in [1.82, 2.24) is 4.98 Å². The molecule has 0 fully saturated rings. The Morgan fingerprint density at radius 2 is 2.00 bits per heavy atom. The Balaban J connectivity index is 2.43. The van der Waals surface area contributed by atoms with E-state index >= 15 is 0 Å². The first-order valence-corrected chi connectivity index (χ1v) is 6.00. The summed E-state index contributed by atoms with van der Waals surface area (Å²) in [5.74, 6) is 0. The average Bonchev–Trinajstić information content (AvgIpc) is 2.31. The molecule has 0 radical (unpaired) electrons. The van der Waals surface area contributed by atoms with Crippen molar-refractivity contribution in [1.29, 1.82) is 0 Å². The number of aromatic nitrogens is 2. The molecule has 2 aromatic rings. The van der Waals surface area contributed by atoms with E-state index in [1.165, 1.54) is 0 Å². The fourth-order valence-corrected chi connectivity index (χ4v) is 1.89. The van der Waals surface area contributed by atoms with Gasteiger partial charge in [-0.25, -0.2) is 4.98 Å². The van der Waals surface area contributed by atoms with Gasteiger partial charge in [0.15, 0.2) is 12.7 Å². The van der Waals surface area contributed by atoms with E-state index in [2.05, 4.69) is 37.7 Å². The lowest BCUT2D eigenvalue weighted by Crippen LogP contribution is -2.36. The number of halogens is 1. The minimum Gasteiger partial charge on any atom is -0.250 e. The lowest BCUT2D eigenvalue weighted by Gasteiger charge is -2.00. The van der Waals surface area contributed by atoms with Gasteiger partial charge < -0.3 is 0 Å². The number of pyridine rings is 2. The fraction of sp³-hybridized carbons (Fsp3) is 0.167. The maximum absolute atomic E-state index is 4.36. The van der Waals surface area contributed by atoms with Gasteiger partial charge in [0, 0.05) is 18.3 Å². The molecule has 0 aliphatic heterocycles. The van der Waals surface area contributed by atoms with Gasteiger partial charge in [0.1, 0.15) is 5.69 Å². The van der Waals surface area contributed by atoms with Crippen LogP contribution in [0.4, 0.5) is 0 Å². The number of hydrogen-bond acceptors (Lipinski definition) is 1. The number of alkyl halides is 1. The SMILES string of the molecule is BrCC[n+]1ccccc1-c1ccccn1. The highest BCUT2D eigenvalue weighted by atomic mass is 79.9. The smallest absolute Gasteiger partial charge is 0.231 e. The molecule has 0 aliphatic rings. The molecule has 0 spiro atoms. The predicted molar refractivity (Wildman–Crippen MR) is 63.7 cm³/mol. The van der Waals surface area contributed by atoms with Gasteiger partial charge in [-0.3, -0.25) is 0 Å². The molecular formula is C12H12BrN2+. The van der Waals surface area contributed by atoms with Crippen LogP contribution in [0.2, 0.25) is 0 Å². The maximum atomic E-state index is 4.36. The van der Waals surface area contributed by atoms with Gasteiger partial charge in [-0.15, -0.1) is 0 Å². The predicted octanol–water partition coefficient (Wildman–Crippen LogP) is 2.43. The Morgan fingerprint density at radius 3 is 2.73 bits per heavy atom. The van der Waals surface area contributed by atoms with E-state index in [-0.39, 0.29) is 0 Å². The third-order valence-electron chi connectivity index (χ3n) is 2.19. The fourth-order valence-electron chi connectivity index (χ4n) is 1.51. The van der Waals surface area contributed by atoms with Crippen LogP contribution < -0.4 is 4.57 Å². The number of nitrogens with zero attached hydrogens (tertiary/aromatic N) is 2. The maximum Gasteiger partial charge on any atom is 0.231 e. The van der Waals surface area contributed by atoms with Gasteiger partial charge in [-0.05, 0) is 18.2 Å². The minimum absolute atomic E-state index is 0.946. The first-order valence-electron chi connectivity index (χ1n) is 4.87. The van der Waals surface area contributed by atoms with Gasteiger partial charge in [0.05, 0.1) is 5.33 Å². The number of aryl methyl sites for hydroxylation is 1. The second-order valence-electron chi connectivity index (χ2n) is 3.18. The molecule has 0 atom stereocenters. The molecule has 2 aromatic heterocycles. The lowest BCUT2D eigenvalue weighted by atomic mass is 10.2. The summed E-state index contributed by atoms with van der Waals surface area (Å²) in [4.78, 5) is 4.36. The molecule has 0 bridgehead atoms. The van der Waals surface area contributed by atoms with Crippen molar-refractivity contribution in [2.24, 2.45) is 0 Å². The number of rotatable bonds is 3. The first-order chi connectivity index (χ1) is 7.42. The molecule has 2 nitrogen and oxygen atoms in total. The molecule has 0 unspecified atom stereocenters. The molecular weight excluding hydrogens is 252 g/mol. The zero-order valence-corrected chi connectivity index (χ0v) is 9.89. The third-order valence-corrected chi connectivity index (χ3v) is 2.55. The van der Waals surface area contributed by atoms with Crippen LogP contribution in [-0.2, 0) is 6.54 Å². The van der Waals surface area contributed by atoms with Crippen molar-refractivity contribution in [2.75, 3.05) is 5.33 Å². The second kappa shape index (κ2) is 5.03. The van der Waals surface area contributed by atoms with Crippen LogP contribution in [0.5, 0.6) is 0 Å². The van der Waals surface area contributed by atoms with E-state index in [1.807, 2.05) is 36.5 Å². The van der Waals surface area contributed by atoms with E-state index in [0.29, 0.717) is 0 Å². The summed E-state index contributed by atoms with van der Waals surface area (Å²) >= 11 is 3.45. The van der Waals surface area contributed by atoms with Crippen molar-refractivity contribution in [3.8, 4) is 11.4 Å². The van der Waals surface area contributed by atoms with Crippen molar-refractivity contribution in [3.63, 3.8) is 0 Å². The molecule has 0 aliphatic carbocycles. The molecule has 0 saturated heterocycles. The third kappa shape index (κ3) is 2.42. The topological polar surface area (TPSA) is 16.8 Å². The minimum atomic E-state index is 0.946. The molecule has 0 saturated carbocycles.